The Morgan fingerprint density at radius 2 is 1.60 bits per heavy atom. The zero-order valence-corrected chi connectivity index (χ0v) is 11.5. The molecule has 0 aromatic heterocycles. The van der Waals surface area contributed by atoms with Gasteiger partial charge in [-0.3, -0.25) is 4.79 Å². The van der Waals surface area contributed by atoms with Gasteiger partial charge in [-0.2, -0.15) is 0 Å². The van der Waals surface area contributed by atoms with Gasteiger partial charge in [-0.15, -0.1) is 0 Å². The number of hydrogen-bond donors (Lipinski definition) is 0. The lowest BCUT2D eigenvalue weighted by Crippen LogP contribution is -2.10. The van der Waals surface area contributed by atoms with Crippen LogP contribution in [0.1, 0.15) is 39.1 Å². The summed E-state index contributed by atoms with van der Waals surface area (Å²) in [4.78, 5) is 23.9. The van der Waals surface area contributed by atoms with Crippen molar-refractivity contribution in [3.63, 3.8) is 0 Å². The molecule has 0 fully saturated rings. The lowest BCUT2D eigenvalue weighted by atomic mass is 9.91. The van der Waals surface area contributed by atoms with E-state index in [1.54, 1.807) is 30.3 Å². The molecule has 0 bridgehead atoms. The van der Waals surface area contributed by atoms with E-state index in [1.807, 2.05) is 31.2 Å². The second kappa shape index (κ2) is 6.15. The Morgan fingerprint density at radius 3 is 2.25 bits per heavy atom. The van der Waals surface area contributed by atoms with E-state index in [-0.39, 0.29) is 11.7 Å². The predicted octanol–water partition coefficient (Wildman–Crippen LogP) is 3.46. The van der Waals surface area contributed by atoms with E-state index < -0.39 is 5.97 Å². The van der Waals surface area contributed by atoms with Crippen LogP contribution < -0.4 is 0 Å². The minimum Gasteiger partial charge on any atom is -0.465 e. The van der Waals surface area contributed by atoms with Crippen LogP contribution in [0.4, 0.5) is 0 Å². The summed E-state index contributed by atoms with van der Waals surface area (Å²) in [6.07, 6.45) is 0. The molecule has 2 rings (SSSR count). The van der Waals surface area contributed by atoms with Gasteiger partial charge in [0.2, 0.25) is 0 Å². The molecule has 2 aromatic carbocycles. The summed E-state index contributed by atoms with van der Waals surface area (Å²) in [5.41, 5.74) is 1.93. The first kappa shape index (κ1) is 14.0. The fourth-order valence-electron chi connectivity index (χ4n) is 2.06. The highest BCUT2D eigenvalue weighted by molar-refractivity contribution is 6.01. The van der Waals surface area contributed by atoms with Crippen molar-refractivity contribution in [1.29, 1.82) is 0 Å². The van der Waals surface area contributed by atoms with Crippen molar-refractivity contribution >= 4 is 11.8 Å². The molecule has 0 aliphatic carbocycles. The Hall–Kier alpha value is -2.42. The number of hydrogen-bond acceptors (Lipinski definition) is 3. The van der Waals surface area contributed by atoms with Crippen LogP contribution >= 0.6 is 0 Å². The summed E-state index contributed by atoms with van der Waals surface area (Å²) >= 11 is 0. The third-order valence-corrected chi connectivity index (χ3v) is 3.26. The molecule has 0 aliphatic rings. The minimum absolute atomic E-state index is 0.0348. The van der Waals surface area contributed by atoms with E-state index in [9.17, 15) is 9.59 Å². The van der Waals surface area contributed by atoms with E-state index in [0.717, 1.165) is 5.56 Å². The van der Waals surface area contributed by atoms with Crippen LogP contribution in [0.15, 0.2) is 54.6 Å². The molecule has 3 heteroatoms. The zero-order valence-electron chi connectivity index (χ0n) is 11.5. The number of benzene rings is 2. The first-order valence-corrected chi connectivity index (χ1v) is 6.41. The smallest absolute Gasteiger partial charge is 0.337 e. The largest absolute Gasteiger partial charge is 0.465 e. The molecule has 1 atom stereocenters. The fourth-order valence-corrected chi connectivity index (χ4v) is 2.06. The summed E-state index contributed by atoms with van der Waals surface area (Å²) in [5, 5.41) is 0. The van der Waals surface area contributed by atoms with Crippen LogP contribution in [-0.4, -0.2) is 18.9 Å². The first-order valence-electron chi connectivity index (χ1n) is 6.41. The molecule has 0 heterocycles. The Bertz CT molecular complexity index is 617. The van der Waals surface area contributed by atoms with E-state index in [2.05, 4.69) is 0 Å². The van der Waals surface area contributed by atoms with Gasteiger partial charge in [-0.25, -0.2) is 4.79 Å². The highest BCUT2D eigenvalue weighted by Crippen LogP contribution is 2.21. The van der Waals surface area contributed by atoms with E-state index in [1.165, 1.54) is 7.11 Å². The number of ether oxygens (including phenoxy) is 1. The molecule has 0 aliphatic heterocycles. The van der Waals surface area contributed by atoms with E-state index in [0.29, 0.717) is 11.1 Å². The van der Waals surface area contributed by atoms with Gasteiger partial charge in [0.15, 0.2) is 5.78 Å². The molecular formula is C17H16O3. The Balaban J connectivity index is 2.27. The molecule has 3 nitrogen and oxygen atoms in total. The Labute approximate surface area is 118 Å². The lowest BCUT2D eigenvalue weighted by Gasteiger charge is -2.12. The van der Waals surface area contributed by atoms with Gasteiger partial charge in [0.1, 0.15) is 0 Å². The van der Waals surface area contributed by atoms with Gasteiger partial charge in [0.25, 0.3) is 0 Å². The molecular weight excluding hydrogens is 252 g/mol. The molecule has 2 aromatic rings. The average Bonchev–Trinajstić information content (AvgIpc) is 2.53. The minimum atomic E-state index is -0.397. The van der Waals surface area contributed by atoms with Gasteiger partial charge in [0.05, 0.1) is 12.7 Å². The van der Waals surface area contributed by atoms with Crippen LogP contribution in [0, 0.1) is 0 Å². The summed E-state index contributed by atoms with van der Waals surface area (Å²) < 4.78 is 4.69. The number of carbonyl (C=O) groups excluding carboxylic acids is 2. The maximum atomic E-state index is 12.4. The lowest BCUT2D eigenvalue weighted by molar-refractivity contribution is 0.0600. The summed E-state index contributed by atoms with van der Waals surface area (Å²) in [5.74, 6) is -0.666. The van der Waals surface area contributed by atoms with Crippen LogP contribution in [-0.2, 0) is 4.74 Å². The monoisotopic (exact) mass is 268 g/mol. The highest BCUT2D eigenvalue weighted by atomic mass is 16.5. The van der Waals surface area contributed by atoms with Gasteiger partial charge < -0.3 is 4.74 Å². The van der Waals surface area contributed by atoms with Gasteiger partial charge in [0, 0.05) is 11.5 Å². The number of carbonyl (C=O) groups is 2. The Kier molecular flexibility index (Phi) is 4.31. The number of rotatable bonds is 4. The van der Waals surface area contributed by atoms with Crippen molar-refractivity contribution in [2.45, 2.75) is 12.8 Å². The number of methoxy groups -OCH3 is 1. The summed E-state index contributed by atoms with van der Waals surface area (Å²) in [6, 6.07) is 16.1. The molecule has 0 radical (unpaired) electrons. The average molecular weight is 268 g/mol. The maximum absolute atomic E-state index is 12.4. The standard InChI is InChI=1S/C17H16O3/c1-12(16(18)13-7-4-3-5-8-13)14-9-6-10-15(11-14)17(19)20-2/h3-12H,1-2H3. The van der Waals surface area contributed by atoms with Gasteiger partial charge in [-0.1, -0.05) is 49.4 Å². The van der Waals surface area contributed by atoms with Crippen molar-refractivity contribution in [2.24, 2.45) is 0 Å². The zero-order chi connectivity index (χ0) is 14.5. The van der Waals surface area contributed by atoms with E-state index in [4.69, 9.17) is 4.74 Å². The topological polar surface area (TPSA) is 43.4 Å². The Morgan fingerprint density at radius 1 is 0.950 bits per heavy atom. The fraction of sp³-hybridized carbons (Fsp3) is 0.176. The van der Waals surface area contributed by atoms with Crippen molar-refractivity contribution in [1.82, 2.24) is 0 Å². The number of Topliss-reactive ketones (excluding diaryl/α,β-unsaturated/α-hetero) is 1. The normalized spacial score (nSPS) is 11.7. The molecule has 0 N–H and O–H groups in total. The number of ketones is 1. The van der Waals surface area contributed by atoms with Crippen molar-refractivity contribution in [3.8, 4) is 0 Å². The van der Waals surface area contributed by atoms with Crippen LogP contribution in [0.25, 0.3) is 0 Å². The van der Waals surface area contributed by atoms with Crippen molar-refractivity contribution in [3.05, 3.63) is 71.3 Å². The summed E-state index contributed by atoms with van der Waals surface area (Å²) in [6.45, 7) is 1.84. The van der Waals surface area contributed by atoms with Crippen molar-refractivity contribution < 1.29 is 14.3 Å². The molecule has 0 saturated carbocycles. The molecule has 0 spiro atoms. The molecule has 0 saturated heterocycles. The van der Waals surface area contributed by atoms with E-state index >= 15 is 0 Å². The third-order valence-electron chi connectivity index (χ3n) is 3.26. The second-order valence-electron chi connectivity index (χ2n) is 4.57. The molecule has 20 heavy (non-hydrogen) atoms. The summed E-state index contributed by atoms with van der Waals surface area (Å²) in [7, 11) is 1.34. The SMILES string of the molecule is COC(=O)c1cccc(C(C)C(=O)c2ccccc2)c1. The van der Waals surface area contributed by atoms with Crippen LogP contribution in [0.2, 0.25) is 0 Å². The van der Waals surface area contributed by atoms with Crippen LogP contribution in [0.5, 0.6) is 0 Å². The highest BCUT2D eigenvalue weighted by Gasteiger charge is 2.18. The first-order chi connectivity index (χ1) is 9.63. The number of esters is 1. The second-order valence-corrected chi connectivity index (χ2v) is 4.57. The maximum Gasteiger partial charge on any atom is 0.337 e. The molecule has 102 valence electrons. The quantitative estimate of drug-likeness (QED) is 0.630. The molecule has 0 amide bonds. The third kappa shape index (κ3) is 2.94. The predicted molar refractivity (Wildman–Crippen MR) is 77.0 cm³/mol. The molecule has 1 unspecified atom stereocenters. The van der Waals surface area contributed by atoms with Crippen LogP contribution in [0.3, 0.4) is 0 Å². The van der Waals surface area contributed by atoms with Gasteiger partial charge in [-0.05, 0) is 17.7 Å². The van der Waals surface area contributed by atoms with Crippen molar-refractivity contribution in [2.75, 3.05) is 7.11 Å². The van der Waals surface area contributed by atoms with Gasteiger partial charge >= 0.3 is 5.97 Å².